The molecule has 0 aliphatic heterocycles. The first-order chi connectivity index (χ1) is 7.77. The van der Waals surface area contributed by atoms with E-state index >= 15 is 0 Å². The van der Waals surface area contributed by atoms with E-state index in [0.29, 0.717) is 0 Å². The molecular weight excluding hydrogens is 222 g/mol. The molecule has 1 saturated carbocycles. The van der Waals surface area contributed by atoms with E-state index in [1.165, 1.54) is 13.5 Å². The highest BCUT2D eigenvalue weighted by atomic mass is 32.1. The van der Waals surface area contributed by atoms with Gasteiger partial charge in [0.15, 0.2) is 0 Å². The summed E-state index contributed by atoms with van der Waals surface area (Å²) in [6.07, 6.45) is 7.92. The highest BCUT2D eigenvalue weighted by molar-refractivity contribution is 7.09. The number of carbonyl (C=O) groups is 1. The van der Waals surface area contributed by atoms with Crippen LogP contribution < -0.4 is 0 Å². The number of methoxy groups -OCH3 is 1. The van der Waals surface area contributed by atoms with Crippen molar-refractivity contribution >= 4 is 17.3 Å². The third-order valence-electron chi connectivity index (χ3n) is 3.40. The van der Waals surface area contributed by atoms with Crippen LogP contribution in [0.3, 0.4) is 0 Å². The number of rotatable bonds is 3. The normalized spacial score (nSPS) is 19.3. The monoisotopic (exact) mass is 239 g/mol. The van der Waals surface area contributed by atoms with E-state index in [1.807, 2.05) is 5.38 Å². The third kappa shape index (κ3) is 2.26. The maximum Gasteiger partial charge on any atom is 0.312 e. The molecule has 0 radical (unpaired) electrons. The van der Waals surface area contributed by atoms with Crippen LogP contribution in [0.5, 0.6) is 0 Å². The van der Waals surface area contributed by atoms with E-state index in [0.717, 1.165) is 37.1 Å². The van der Waals surface area contributed by atoms with Crippen molar-refractivity contribution in [2.24, 2.45) is 5.41 Å². The lowest BCUT2D eigenvalue weighted by Crippen LogP contribution is -2.36. The Morgan fingerprint density at radius 1 is 1.50 bits per heavy atom. The van der Waals surface area contributed by atoms with Gasteiger partial charge in [-0.15, -0.1) is 11.3 Å². The topological polar surface area (TPSA) is 39.2 Å². The van der Waals surface area contributed by atoms with Crippen LogP contribution in [0.4, 0.5) is 0 Å². The molecule has 1 aromatic rings. The minimum absolute atomic E-state index is 0.0533. The summed E-state index contributed by atoms with van der Waals surface area (Å²) >= 11 is 1.62. The number of hydrogen-bond acceptors (Lipinski definition) is 4. The number of nitrogens with zero attached hydrogens (tertiary/aromatic N) is 1. The molecule has 1 heterocycles. The van der Waals surface area contributed by atoms with Gasteiger partial charge in [-0.3, -0.25) is 4.79 Å². The van der Waals surface area contributed by atoms with Crippen LogP contribution in [-0.4, -0.2) is 18.1 Å². The highest BCUT2D eigenvalue weighted by Gasteiger charge is 2.41. The summed E-state index contributed by atoms with van der Waals surface area (Å²) in [6.45, 7) is 0. The second-order valence-electron chi connectivity index (χ2n) is 4.44. The molecule has 1 aliphatic carbocycles. The summed E-state index contributed by atoms with van der Waals surface area (Å²) < 4.78 is 4.98. The van der Waals surface area contributed by atoms with Crippen LogP contribution >= 0.6 is 11.3 Å². The average Bonchev–Trinajstić information content (AvgIpc) is 2.82. The zero-order valence-electron chi connectivity index (χ0n) is 9.57. The molecule has 0 amide bonds. The van der Waals surface area contributed by atoms with Gasteiger partial charge in [0.05, 0.1) is 17.5 Å². The van der Waals surface area contributed by atoms with Gasteiger partial charge >= 0.3 is 5.97 Å². The Morgan fingerprint density at radius 3 is 2.81 bits per heavy atom. The van der Waals surface area contributed by atoms with Crippen molar-refractivity contribution in [1.29, 1.82) is 0 Å². The summed E-state index contributed by atoms with van der Waals surface area (Å²) in [5.74, 6) is -0.0533. The maximum atomic E-state index is 12.0. The largest absolute Gasteiger partial charge is 0.469 e. The number of carbonyl (C=O) groups excluding carboxylic acids is 1. The Kier molecular flexibility index (Phi) is 3.59. The van der Waals surface area contributed by atoms with E-state index in [-0.39, 0.29) is 11.4 Å². The first-order valence-electron chi connectivity index (χ1n) is 5.74. The Balaban J connectivity index is 2.16. The fraction of sp³-hybridized carbons (Fsp3) is 0.667. The summed E-state index contributed by atoms with van der Waals surface area (Å²) in [4.78, 5) is 16.3. The van der Waals surface area contributed by atoms with Crippen molar-refractivity contribution in [2.75, 3.05) is 7.11 Å². The van der Waals surface area contributed by atoms with Crippen LogP contribution in [0.25, 0.3) is 0 Å². The average molecular weight is 239 g/mol. The minimum Gasteiger partial charge on any atom is -0.469 e. The Bertz CT molecular complexity index is 342. The maximum absolute atomic E-state index is 12.0. The molecule has 88 valence electrons. The lowest BCUT2D eigenvalue weighted by molar-refractivity contribution is -0.154. The molecular formula is C12H17NO2S. The smallest absolute Gasteiger partial charge is 0.312 e. The van der Waals surface area contributed by atoms with Crippen LogP contribution in [0.1, 0.15) is 37.1 Å². The quantitative estimate of drug-likeness (QED) is 0.761. The van der Waals surface area contributed by atoms with Crippen molar-refractivity contribution in [1.82, 2.24) is 4.98 Å². The molecule has 0 aromatic carbocycles. The standard InChI is InChI=1S/C12H17NO2S/c1-15-11(14)12(5-3-2-4-6-12)9-10-13-7-8-16-10/h7-8H,2-6,9H2,1H3. The van der Waals surface area contributed by atoms with Crippen LogP contribution in [-0.2, 0) is 16.0 Å². The zero-order chi connectivity index (χ0) is 11.4. The van der Waals surface area contributed by atoms with Gasteiger partial charge in [0, 0.05) is 18.0 Å². The Morgan fingerprint density at radius 2 is 2.25 bits per heavy atom. The lowest BCUT2D eigenvalue weighted by atomic mass is 9.72. The SMILES string of the molecule is COC(=O)C1(Cc2nccs2)CCCCC1. The molecule has 0 unspecified atom stereocenters. The summed E-state index contributed by atoms with van der Waals surface area (Å²) in [7, 11) is 1.49. The first-order valence-corrected chi connectivity index (χ1v) is 6.62. The van der Waals surface area contributed by atoms with Crippen molar-refractivity contribution in [3.8, 4) is 0 Å². The van der Waals surface area contributed by atoms with E-state index in [2.05, 4.69) is 4.98 Å². The van der Waals surface area contributed by atoms with Crippen molar-refractivity contribution < 1.29 is 9.53 Å². The van der Waals surface area contributed by atoms with Crippen LogP contribution in [0, 0.1) is 5.41 Å². The van der Waals surface area contributed by atoms with Gasteiger partial charge < -0.3 is 4.74 Å². The molecule has 1 aliphatic rings. The minimum atomic E-state index is -0.301. The molecule has 0 spiro atoms. The lowest BCUT2D eigenvalue weighted by Gasteiger charge is -2.33. The zero-order valence-corrected chi connectivity index (χ0v) is 10.4. The molecule has 2 rings (SSSR count). The molecule has 0 N–H and O–H groups in total. The molecule has 4 heteroatoms. The predicted octanol–water partition coefficient (Wildman–Crippen LogP) is 2.81. The molecule has 0 bridgehead atoms. The Hall–Kier alpha value is -0.900. The van der Waals surface area contributed by atoms with Crippen molar-refractivity contribution in [2.45, 2.75) is 38.5 Å². The van der Waals surface area contributed by atoms with Gasteiger partial charge in [-0.1, -0.05) is 19.3 Å². The van der Waals surface area contributed by atoms with E-state index in [9.17, 15) is 4.79 Å². The van der Waals surface area contributed by atoms with Gasteiger partial charge in [0.2, 0.25) is 0 Å². The second kappa shape index (κ2) is 4.95. The second-order valence-corrected chi connectivity index (χ2v) is 5.41. The van der Waals surface area contributed by atoms with E-state index in [1.54, 1.807) is 17.5 Å². The molecule has 1 aromatic heterocycles. The summed E-state index contributed by atoms with van der Waals surface area (Å²) in [5, 5.41) is 3.01. The summed E-state index contributed by atoms with van der Waals surface area (Å²) in [6, 6.07) is 0. The van der Waals surface area contributed by atoms with Gasteiger partial charge in [0.25, 0.3) is 0 Å². The first kappa shape index (κ1) is 11.6. The number of hydrogen-bond donors (Lipinski definition) is 0. The van der Waals surface area contributed by atoms with Gasteiger partial charge in [0.1, 0.15) is 0 Å². The Labute approximate surface area is 99.8 Å². The number of esters is 1. The van der Waals surface area contributed by atoms with E-state index in [4.69, 9.17) is 4.74 Å². The van der Waals surface area contributed by atoms with E-state index < -0.39 is 0 Å². The van der Waals surface area contributed by atoms with Gasteiger partial charge in [-0.05, 0) is 12.8 Å². The van der Waals surface area contributed by atoms with Crippen molar-refractivity contribution in [3.05, 3.63) is 16.6 Å². The molecule has 0 saturated heterocycles. The van der Waals surface area contributed by atoms with Gasteiger partial charge in [-0.25, -0.2) is 4.98 Å². The predicted molar refractivity (Wildman–Crippen MR) is 63.4 cm³/mol. The number of thiazole rings is 1. The summed E-state index contributed by atoms with van der Waals surface area (Å²) in [5.41, 5.74) is -0.301. The highest BCUT2D eigenvalue weighted by Crippen LogP contribution is 2.40. The molecule has 1 fully saturated rings. The molecule has 16 heavy (non-hydrogen) atoms. The molecule has 0 atom stereocenters. The fourth-order valence-corrected chi connectivity index (χ4v) is 3.29. The van der Waals surface area contributed by atoms with Crippen LogP contribution in [0.15, 0.2) is 11.6 Å². The van der Waals surface area contributed by atoms with Gasteiger partial charge in [-0.2, -0.15) is 0 Å². The van der Waals surface area contributed by atoms with Crippen molar-refractivity contribution in [3.63, 3.8) is 0 Å². The number of ether oxygens (including phenoxy) is 1. The van der Waals surface area contributed by atoms with Crippen LogP contribution in [0.2, 0.25) is 0 Å². The third-order valence-corrected chi connectivity index (χ3v) is 4.18. The molecule has 3 nitrogen and oxygen atoms in total. The number of aromatic nitrogens is 1. The fourth-order valence-electron chi connectivity index (χ4n) is 2.53.